The van der Waals surface area contributed by atoms with Crippen molar-refractivity contribution in [3.63, 3.8) is 0 Å². The van der Waals surface area contributed by atoms with Gasteiger partial charge in [0.25, 0.3) is 0 Å². The van der Waals surface area contributed by atoms with Crippen molar-refractivity contribution in [1.82, 2.24) is 4.90 Å². The first kappa shape index (κ1) is 19.0. The first-order valence-electron chi connectivity index (χ1n) is 9.45. The molecule has 150 valence electrons. The van der Waals surface area contributed by atoms with Gasteiger partial charge in [0.15, 0.2) is 0 Å². The molecular formula is C22H21FN2O4. The van der Waals surface area contributed by atoms with Gasteiger partial charge >= 0.3 is 11.9 Å². The van der Waals surface area contributed by atoms with E-state index in [0.29, 0.717) is 25.9 Å². The number of nitrogens with zero attached hydrogens (tertiary/aromatic N) is 2. The summed E-state index contributed by atoms with van der Waals surface area (Å²) in [5.41, 5.74) is 2.84. The summed E-state index contributed by atoms with van der Waals surface area (Å²) in [6, 6.07) is 14.5. The average molecular weight is 396 g/mol. The van der Waals surface area contributed by atoms with E-state index in [1.165, 1.54) is 17.7 Å². The number of carboxylic acid groups (broad SMARTS) is 2. The van der Waals surface area contributed by atoms with Gasteiger partial charge in [0, 0.05) is 36.4 Å². The lowest BCUT2D eigenvalue weighted by atomic mass is 9.74. The van der Waals surface area contributed by atoms with Crippen molar-refractivity contribution in [3.05, 3.63) is 71.7 Å². The molecule has 6 nitrogen and oxygen atoms in total. The molecule has 0 bridgehead atoms. The number of fused-ring (bicyclic) bond motifs is 2. The third kappa shape index (κ3) is 3.44. The van der Waals surface area contributed by atoms with E-state index in [4.69, 9.17) is 5.11 Å². The first-order chi connectivity index (χ1) is 13.9. The standard InChI is InChI=1S/C22H21FN2O4/c23-15-5-7-16(8-6-15)25-14-22(17-3-1-2-4-18(17)25)9-11-24(12-10-22)19(21(28)29)13-20(26)27/h1-8,13H,9-12,14H2,(H,26,27)(H,28,29)/b19-13+. The molecule has 2 N–H and O–H groups in total. The average Bonchev–Trinajstić information content (AvgIpc) is 3.02. The Labute approximate surface area is 167 Å². The van der Waals surface area contributed by atoms with E-state index in [1.807, 2.05) is 18.2 Å². The molecule has 0 aromatic heterocycles. The van der Waals surface area contributed by atoms with Crippen LogP contribution < -0.4 is 4.90 Å². The number of para-hydroxylation sites is 1. The highest BCUT2D eigenvalue weighted by Gasteiger charge is 2.45. The Balaban J connectivity index is 1.62. The summed E-state index contributed by atoms with van der Waals surface area (Å²) in [4.78, 5) is 26.3. The van der Waals surface area contributed by atoms with E-state index in [-0.39, 0.29) is 16.9 Å². The summed E-state index contributed by atoms with van der Waals surface area (Å²) < 4.78 is 13.4. The molecule has 4 rings (SSSR count). The van der Waals surface area contributed by atoms with E-state index in [1.54, 1.807) is 17.0 Å². The molecule has 2 aliphatic rings. The van der Waals surface area contributed by atoms with Crippen molar-refractivity contribution >= 4 is 23.3 Å². The van der Waals surface area contributed by atoms with Crippen LogP contribution in [0, 0.1) is 5.82 Å². The predicted octanol–water partition coefficient (Wildman–Crippen LogP) is 3.36. The van der Waals surface area contributed by atoms with Gasteiger partial charge in [0.2, 0.25) is 0 Å². The fourth-order valence-electron chi connectivity index (χ4n) is 4.49. The SMILES string of the molecule is O=C(O)/C=C(\C(=O)O)N1CCC2(CC1)CN(c1ccc(F)cc1)c1ccccc12. The molecule has 1 spiro atoms. The number of halogens is 1. The van der Waals surface area contributed by atoms with Gasteiger partial charge in [-0.25, -0.2) is 14.0 Å². The van der Waals surface area contributed by atoms with Crippen LogP contribution in [0.25, 0.3) is 0 Å². The Hall–Kier alpha value is -3.35. The maximum absolute atomic E-state index is 13.4. The summed E-state index contributed by atoms with van der Waals surface area (Å²) in [6.07, 6.45) is 2.16. The topological polar surface area (TPSA) is 81.1 Å². The molecule has 0 radical (unpaired) electrons. The zero-order valence-corrected chi connectivity index (χ0v) is 15.7. The highest BCUT2D eigenvalue weighted by Crippen LogP contribution is 2.49. The third-order valence-corrected chi connectivity index (χ3v) is 5.91. The maximum Gasteiger partial charge on any atom is 0.352 e. The van der Waals surface area contributed by atoms with Crippen molar-refractivity contribution in [2.45, 2.75) is 18.3 Å². The highest BCUT2D eigenvalue weighted by atomic mass is 19.1. The van der Waals surface area contributed by atoms with Gasteiger partial charge in [0.1, 0.15) is 11.5 Å². The minimum atomic E-state index is -1.27. The number of carboxylic acids is 2. The van der Waals surface area contributed by atoms with Crippen LogP contribution in [0.4, 0.5) is 15.8 Å². The van der Waals surface area contributed by atoms with Gasteiger partial charge in [-0.15, -0.1) is 0 Å². The van der Waals surface area contributed by atoms with Crippen LogP contribution in [0.3, 0.4) is 0 Å². The van der Waals surface area contributed by atoms with Gasteiger partial charge in [-0.3, -0.25) is 0 Å². The second-order valence-corrected chi connectivity index (χ2v) is 7.52. The van der Waals surface area contributed by atoms with E-state index in [0.717, 1.165) is 24.0 Å². The molecule has 29 heavy (non-hydrogen) atoms. The van der Waals surface area contributed by atoms with Crippen LogP contribution >= 0.6 is 0 Å². The number of rotatable bonds is 4. The quantitative estimate of drug-likeness (QED) is 0.772. The fraction of sp³-hybridized carbons (Fsp3) is 0.273. The van der Waals surface area contributed by atoms with Gasteiger partial charge in [-0.05, 0) is 48.7 Å². The lowest BCUT2D eigenvalue weighted by Crippen LogP contribution is -2.45. The van der Waals surface area contributed by atoms with Gasteiger partial charge in [-0.2, -0.15) is 0 Å². The molecule has 0 saturated carbocycles. The zero-order chi connectivity index (χ0) is 20.6. The summed E-state index contributed by atoms with van der Waals surface area (Å²) in [5.74, 6) is -2.78. The largest absolute Gasteiger partial charge is 0.478 e. The van der Waals surface area contributed by atoms with Crippen molar-refractivity contribution < 1.29 is 24.2 Å². The van der Waals surface area contributed by atoms with Crippen LogP contribution in [-0.2, 0) is 15.0 Å². The maximum atomic E-state index is 13.4. The van der Waals surface area contributed by atoms with Crippen LogP contribution in [0.1, 0.15) is 18.4 Å². The number of benzene rings is 2. The Morgan fingerprint density at radius 1 is 1.00 bits per heavy atom. The van der Waals surface area contributed by atoms with Crippen LogP contribution in [-0.4, -0.2) is 46.7 Å². The van der Waals surface area contributed by atoms with E-state index >= 15 is 0 Å². The molecule has 0 aliphatic carbocycles. The highest BCUT2D eigenvalue weighted by molar-refractivity contribution is 5.94. The summed E-state index contributed by atoms with van der Waals surface area (Å²) >= 11 is 0. The van der Waals surface area contributed by atoms with Crippen LogP contribution in [0.15, 0.2) is 60.3 Å². The Morgan fingerprint density at radius 3 is 2.28 bits per heavy atom. The van der Waals surface area contributed by atoms with E-state index < -0.39 is 11.9 Å². The number of anilines is 2. The number of aliphatic carboxylic acids is 2. The molecule has 1 fully saturated rings. The fourth-order valence-corrected chi connectivity index (χ4v) is 4.49. The van der Waals surface area contributed by atoms with Crippen LogP contribution in [0.2, 0.25) is 0 Å². The van der Waals surface area contributed by atoms with Crippen molar-refractivity contribution in [3.8, 4) is 0 Å². The van der Waals surface area contributed by atoms with Crippen LogP contribution in [0.5, 0.6) is 0 Å². The molecule has 0 atom stereocenters. The number of likely N-dealkylation sites (tertiary alicyclic amines) is 1. The van der Waals surface area contributed by atoms with Crippen molar-refractivity contribution in [2.75, 3.05) is 24.5 Å². The van der Waals surface area contributed by atoms with Crippen molar-refractivity contribution in [1.29, 1.82) is 0 Å². The summed E-state index contributed by atoms with van der Waals surface area (Å²) in [7, 11) is 0. The second kappa shape index (κ2) is 7.24. The minimum absolute atomic E-state index is 0.158. The molecule has 0 unspecified atom stereocenters. The summed E-state index contributed by atoms with van der Waals surface area (Å²) in [5, 5.41) is 18.4. The van der Waals surface area contributed by atoms with E-state index in [9.17, 15) is 19.1 Å². The number of piperidine rings is 1. The van der Waals surface area contributed by atoms with Gasteiger partial charge in [-0.1, -0.05) is 18.2 Å². The molecule has 2 aliphatic heterocycles. The number of hydrogen-bond donors (Lipinski definition) is 2. The molecule has 0 amide bonds. The monoisotopic (exact) mass is 396 g/mol. The first-order valence-corrected chi connectivity index (χ1v) is 9.45. The minimum Gasteiger partial charge on any atom is -0.478 e. The lowest BCUT2D eigenvalue weighted by Gasteiger charge is -2.41. The molecular weight excluding hydrogens is 375 g/mol. The Bertz CT molecular complexity index is 979. The lowest BCUT2D eigenvalue weighted by molar-refractivity contribution is -0.136. The smallest absolute Gasteiger partial charge is 0.352 e. The molecule has 1 saturated heterocycles. The number of carbonyl (C=O) groups is 2. The van der Waals surface area contributed by atoms with Gasteiger partial charge < -0.3 is 20.0 Å². The number of hydrogen-bond acceptors (Lipinski definition) is 4. The second-order valence-electron chi connectivity index (χ2n) is 7.52. The van der Waals surface area contributed by atoms with E-state index in [2.05, 4.69) is 11.0 Å². The third-order valence-electron chi connectivity index (χ3n) is 5.91. The normalized spacial score (nSPS) is 18.0. The molecule has 7 heteroatoms. The Morgan fingerprint density at radius 2 is 1.66 bits per heavy atom. The predicted molar refractivity (Wildman–Crippen MR) is 106 cm³/mol. The summed E-state index contributed by atoms with van der Waals surface area (Å²) in [6.45, 7) is 1.63. The molecule has 2 aromatic rings. The zero-order valence-electron chi connectivity index (χ0n) is 15.7. The Kier molecular flexibility index (Phi) is 4.74. The van der Waals surface area contributed by atoms with Gasteiger partial charge in [0.05, 0.1) is 6.08 Å². The molecule has 2 heterocycles. The van der Waals surface area contributed by atoms with Crippen molar-refractivity contribution in [2.24, 2.45) is 0 Å². The molecule has 2 aromatic carbocycles.